The third-order valence-electron chi connectivity index (χ3n) is 3.77. The zero-order valence-electron chi connectivity index (χ0n) is 13.8. The fraction of sp³-hybridized carbons (Fsp3) is 0.0556. The van der Waals surface area contributed by atoms with Crippen molar-refractivity contribution < 1.29 is 4.42 Å². The Morgan fingerprint density at radius 1 is 1.07 bits per heavy atom. The van der Waals surface area contributed by atoms with Crippen molar-refractivity contribution in [3.63, 3.8) is 0 Å². The van der Waals surface area contributed by atoms with Crippen molar-refractivity contribution in [3.8, 4) is 22.7 Å². The van der Waals surface area contributed by atoms with E-state index in [2.05, 4.69) is 15.2 Å². The normalized spacial score (nSPS) is 11.0. The minimum atomic E-state index is 0.433. The first kappa shape index (κ1) is 17.9. The molecular formula is C18H13Cl2N5OS. The van der Waals surface area contributed by atoms with E-state index in [1.54, 1.807) is 24.4 Å². The number of hydrogen-bond donors (Lipinski definition) is 1. The molecule has 4 aromatic rings. The molecule has 0 unspecified atom stereocenters. The summed E-state index contributed by atoms with van der Waals surface area (Å²) in [7, 11) is 0. The molecule has 0 bridgehead atoms. The molecule has 0 aliphatic heterocycles. The highest BCUT2D eigenvalue weighted by Gasteiger charge is 2.16. The average molecular weight is 418 g/mol. The van der Waals surface area contributed by atoms with E-state index < -0.39 is 0 Å². The predicted molar refractivity (Wildman–Crippen MR) is 107 cm³/mol. The lowest BCUT2D eigenvalue weighted by Crippen LogP contribution is -2.11. The van der Waals surface area contributed by atoms with E-state index in [9.17, 15) is 0 Å². The Labute approximate surface area is 169 Å². The van der Waals surface area contributed by atoms with Gasteiger partial charge in [-0.15, -0.1) is 10.2 Å². The number of aromatic nitrogens is 4. The molecule has 4 rings (SSSR count). The zero-order valence-corrected chi connectivity index (χ0v) is 16.2. The van der Waals surface area contributed by atoms with Gasteiger partial charge in [0.15, 0.2) is 11.6 Å². The van der Waals surface area contributed by atoms with Gasteiger partial charge in [-0.2, -0.15) is 0 Å². The highest BCUT2D eigenvalue weighted by Crippen LogP contribution is 2.31. The second kappa shape index (κ2) is 7.64. The quantitative estimate of drug-likeness (QED) is 0.366. The van der Waals surface area contributed by atoms with Crippen LogP contribution in [0.2, 0.25) is 10.0 Å². The monoisotopic (exact) mass is 417 g/mol. The second-order valence-corrected chi connectivity index (χ2v) is 7.36. The summed E-state index contributed by atoms with van der Waals surface area (Å²) in [5.74, 6) is 8.32. The molecule has 0 radical (unpaired) electrons. The largest absolute Gasteiger partial charge is 0.440 e. The SMILES string of the molecule is Nn1c(SCc2ncc(-c3ccccc3)o2)nnc1-c1cc(Cl)ccc1Cl. The van der Waals surface area contributed by atoms with Crippen LogP contribution < -0.4 is 5.84 Å². The average Bonchev–Trinajstić information content (AvgIpc) is 3.30. The first-order valence-corrected chi connectivity index (χ1v) is 9.65. The van der Waals surface area contributed by atoms with E-state index in [1.165, 1.54) is 16.4 Å². The number of rotatable bonds is 5. The highest BCUT2D eigenvalue weighted by atomic mass is 35.5. The third kappa shape index (κ3) is 3.80. The van der Waals surface area contributed by atoms with E-state index in [0.717, 1.165) is 5.56 Å². The van der Waals surface area contributed by atoms with Gasteiger partial charge < -0.3 is 10.3 Å². The molecule has 0 aliphatic rings. The smallest absolute Gasteiger partial charge is 0.210 e. The maximum atomic E-state index is 6.22. The summed E-state index contributed by atoms with van der Waals surface area (Å²) in [6.07, 6.45) is 1.70. The molecule has 0 spiro atoms. The molecule has 9 heteroatoms. The summed E-state index contributed by atoms with van der Waals surface area (Å²) in [5.41, 5.74) is 1.59. The lowest BCUT2D eigenvalue weighted by atomic mass is 10.2. The summed E-state index contributed by atoms with van der Waals surface area (Å²) in [5, 5.41) is 9.80. The molecule has 2 aromatic carbocycles. The van der Waals surface area contributed by atoms with E-state index in [-0.39, 0.29) is 0 Å². The summed E-state index contributed by atoms with van der Waals surface area (Å²) >= 11 is 13.6. The van der Waals surface area contributed by atoms with Gasteiger partial charge in [0.05, 0.1) is 17.0 Å². The van der Waals surface area contributed by atoms with Crippen LogP contribution in [0.5, 0.6) is 0 Å². The summed E-state index contributed by atoms with van der Waals surface area (Å²) < 4.78 is 7.17. The number of oxazole rings is 1. The van der Waals surface area contributed by atoms with Crippen molar-refractivity contribution >= 4 is 35.0 Å². The molecule has 2 aromatic heterocycles. The van der Waals surface area contributed by atoms with Crippen molar-refractivity contribution in [1.82, 2.24) is 19.9 Å². The zero-order chi connectivity index (χ0) is 18.8. The molecule has 2 N–H and O–H groups in total. The third-order valence-corrected chi connectivity index (χ3v) is 5.26. The van der Waals surface area contributed by atoms with Crippen LogP contribution in [0.4, 0.5) is 0 Å². The summed E-state index contributed by atoms with van der Waals surface area (Å²) in [6, 6.07) is 14.9. The number of hydrogen-bond acceptors (Lipinski definition) is 6. The van der Waals surface area contributed by atoms with Crippen LogP contribution in [0.1, 0.15) is 5.89 Å². The molecule has 0 aliphatic carbocycles. The van der Waals surface area contributed by atoms with Gasteiger partial charge in [0.25, 0.3) is 0 Å². The highest BCUT2D eigenvalue weighted by molar-refractivity contribution is 7.98. The van der Waals surface area contributed by atoms with E-state index in [4.69, 9.17) is 33.5 Å². The Morgan fingerprint density at radius 3 is 2.70 bits per heavy atom. The number of benzene rings is 2. The number of thioether (sulfide) groups is 1. The van der Waals surface area contributed by atoms with Crippen LogP contribution in [0, 0.1) is 0 Å². The number of nitrogens with two attached hydrogens (primary N) is 1. The Morgan fingerprint density at radius 2 is 1.89 bits per heavy atom. The molecular weight excluding hydrogens is 405 g/mol. The van der Waals surface area contributed by atoms with Crippen molar-refractivity contribution in [3.05, 3.63) is 70.7 Å². The van der Waals surface area contributed by atoms with Crippen LogP contribution in [0.15, 0.2) is 64.3 Å². The minimum absolute atomic E-state index is 0.433. The van der Waals surface area contributed by atoms with Crippen LogP contribution in [0.25, 0.3) is 22.7 Å². The van der Waals surface area contributed by atoms with Gasteiger partial charge in [-0.1, -0.05) is 65.3 Å². The summed E-state index contributed by atoms with van der Waals surface area (Å²) in [4.78, 5) is 4.30. The molecule has 6 nitrogen and oxygen atoms in total. The molecule has 0 fully saturated rings. The van der Waals surface area contributed by atoms with Crippen molar-refractivity contribution in [2.24, 2.45) is 0 Å². The number of nitrogens with zero attached hydrogens (tertiary/aromatic N) is 4. The van der Waals surface area contributed by atoms with Gasteiger partial charge in [-0.05, 0) is 18.2 Å². The maximum absolute atomic E-state index is 6.22. The Hall–Kier alpha value is -2.48. The second-order valence-electron chi connectivity index (χ2n) is 5.57. The fourth-order valence-electron chi connectivity index (χ4n) is 2.47. The van der Waals surface area contributed by atoms with E-state index >= 15 is 0 Å². The fourth-order valence-corrected chi connectivity index (χ4v) is 3.55. The summed E-state index contributed by atoms with van der Waals surface area (Å²) in [6.45, 7) is 0. The molecule has 0 saturated carbocycles. The van der Waals surface area contributed by atoms with Gasteiger partial charge in [0.2, 0.25) is 11.0 Å². The van der Waals surface area contributed by atoms with Gasteiger partial charge in [-0.3, -0.25) is 0 Å². The van der Waals surface area contributed by atoms with Gasteiger partial charge in [0, 0.05) is 16.1 Å². The van der Waals surface area contributed by atoms with Gasteiger partial charge in [0.1, 0.15) is 0 Å². The number of nitrogen functional groups attached to an aromatic ring is 1. The lowest BCUT2D eigenvalue weighted by Gasteiger charge is -2.05. The molecule has 0 atom stereocenters. The van der Waals surface area contributed by atoms with Crippen LogP contribution >= 0.6 is 35.0 Å². The Kier molecular flexibility index (Phi) is 5.07. The predicted octanol–water partition coefficient (Wildman–Crippen LogP) is 4.91. The number of halogens is 2. The molecule has 0 saturated heterocycles. The molecule has 2 heterocycles. The van der Waals surface area contributed by atoms with Crippen molar-refractivity contribution in [2.75, 3.05) is 5.84 Å². The molecule has 27 heavy (non-hydrogen) atoms. The minimum Gasteiger partial charge on any atom is -0.440 e. The lowest BCUT2D eigenvalue weighted by molar-refractivity contribution is 0.529. The first-order valence-electron chi connectivity index (χ1n) is 7.90. The van der Waals surface area contributed by atoms with Gasteiger partial charge in [-0.25, -0.2) is 9.66 Å². The van der Waals surface area contributed by atoms with E-state index in [0.29, 0.717) is 44.0 Å². The standard InChI is InChI=1S/C18H13Cl2N5OS/c19-12-6-7-14(20)13(8-12)17-23-24-18(25(17)21)27-10-16-22-9-15(26-16)11-4-2-1-3-5-11/h1-9H,10,21H2. The van der Waals surface area contributed by atoms with E-state index in [1.807, 2.05) is 30.3 Å². The Bertz CT molecular complexity index is 1080. The van der Waals surface area contributed by atoms with Crippen LogP contribution in [0.3, 0.4) is 0 Å². The van der Waals surface area contributed by atoms with Crippen LogP contribution in [-0.2, 0) is 5.75 Å². The van der Waals surface area contributed by atoms with Gasteiger partial charge >= 0.3 is 0 Å². The molecule has 0 amide bonds. The first-order chi connectivity index (χ1) is 13.1. The molecule has 136 valence electrons. The van der Waals surface area contributed by atoms with Crippen LogP contribution in [-0.4, -0.2) is 19.9 Å². The maximum Gasteiger partial charge on any atom is 0.210 e. The van der Waals surface area contributed by atoms with Crippen molar-refractivity contribution in [1.29, 1.82) is 0 Å². The van der Waals surface area contributed by atoms with Crippen molar-refractivity contribution in [2.45, 2.75) is 10.9 Å². The topological polar surface area (TPSA) is 82.8 Å². The Balaban J connectivity index is 1.51.